The van der Waals surface area contributed by atoms with Crippen molar-refractivity contribution in [3.05, 3.63) is 39.8 Å². The van der Waals surface area contributed by atoms with Crippen LogP contribution < -0.4 is 4.90 Å². The number of nitrogens with zero attached hydrogens (tertiary/aromatic N) is 6. The molecule has 0 saturated carbocycles. The van der Waals surface area contributed by atoms with E-state index in [0.29, 0.717) is 67.3 Å². The van der Waals surface area contributed by atoms with Crippen LogP contribution in [0.25, 0.3) is 0 Å². The summed E-state index contributed by atoms with van der Waals surface area (Å²) in [5.41, 5.74) is 3.83. The van der Waals surface area contributed by atoms with Gasteiger partial charge in [0.15, 0.2) is 5.00 Å². The minimum absolute atomic E-state index is 0.406. The fourth-order valence-corrected chi connectivity index (χ4v) is 5.54. The van der Waals surface area contributed by atoms with Crippen LogP contribution in [0, 0.1) is 36.5 Å². The first-order valence-corrected chi connectivity index (χ1v) is 16.1. The van der Waals surface area contributed by atoms with Crippen LogP contribution in [0.15, 0.2) is 28.4 Å². The average Bonchev–Trinajstić information content (AvgIpc) is 3.34. The highest BCUT2D eigenvalue weighted by Crippen LogP contribution is 2.36. The summed E-state index contributed by atoms with van der Waals surface area (Å²) in [5, 5.41) is 27.8. The van der Waals surface area contributed by atoms with Gasteiger partial charge in [0.1, 0.15) is 23.6 Å². The Labute approximate surface area is 262 Å². The molecule has 0 saturated heterocycles. The van der Waals surface area contributed by atoms with Gasteiger partial charge in [-0.2, -0.15) is 10.5 Å². The Hall–Kier alpha value is -2.90. The number of thiophene rings is 1. The number of hydrogen-bond donors (Lipinski definition) is 0. The van der Waals surface area contributed by atoms with E-state index in [1.165, 1.54) is 11.3 Å². The number of quaternary nitrogens is 1. The van der Waals surface area contributed by atoms with Crippen molar-refractivity contribution in [2.24, 2.45) is 10.2 Å². The van der Waals surface area contributed by atoms with Crippen molar-refractivity contribution in [1.29, 1.82) is 10.5 Å². The van der Waals surface area contributed by atoms with Crippen LogP contribution in [0.5, 0.6) is 0 Å². The first kappa shape index (κ1) is 36.3. The molecule has 0 atom stereocenters. The Morgan fingerprint density at radius 1 is 0.791 bits per heavy atom. The van der Waals surface area contributed by atoms with E-state index in [2.05, 4.69) is 61.0 Å². The molecule has 2 aromatic rings. The second kappa shape index (κ2) is 20.1. The van der Waals surface area contributed by atoms with E-state index in [0.717, 1.165) is 67.3 Å². The molecule has 0 aliphatic carbocycles. The van der Waals surface area contributed by atoms with Crippen molar-refractivity contribution < 1.29 is 23.4 Å². The van der Waals surface area contributed by atoms with Gasteiger partial charge in [-0.25, -0.2) is 0 Å². The van der Waals surface area contributed by atoms with Gasteiger partial charge >= 0.3 is 0 Å². The zero-order valence-corrected chi connectivity index (χ0v) is 27.7. The van der Waals surface area contributed by atoms with Crippen LogP contribution in [0.4, 0.5) is 16.4 Å². The molecule has 0 N–H and O–H groups in total. The summed E-state index contributed by atoms with van der Waals surface area (Å²) < 4.78 is 23.9. The highest BCUT2D eigenvalue weighted by molar-refractivity contribution is 7.16. The number of benzene rings is 1. The molecule has 0 fully saturated rings. The highest BCUT2D eigenvalue weighted by atomic mass is 32.1. The van der Waals surface area contributed by atoms with Gasteiger partial charge in [0, 0.05) is 18.8 Å². The number of rotatable bonds is 22. The molecule has 0 amide bonds. The van der Waals surface area contributed by atoms with Crippen molar-refractivity contribution in [3.8, 4) is 12.1 Å². The predicted molar refractivity (Wildman–Crippen MR) is 172 cm³/mol. The second-order valence-corrected chi connectivity index (χ2v) is 11.2. The fraction of sp³-hybridized carbons (Fsp3) is 0.625. The van der Waals surface area contributed by atoms with Gasteiger partial charge < -0.3 is 28.3 Å². The Balaban J connectivity index is 1.62. The number of aryl methyl sites for hydroxylation is 1. The SMILES string of the molecule is CCN(CCOCCOCCOCCOCC[N+](CC)(CC)CC)c1ccc(N=Nc2sc(C#N)c(C)c2C#N)c(C)c1. The van der Waals surface area contributed by atoms with Gasteiger partial charge in [-0.1, -0.05) is 0 Å². The Bertz CT molecular complexity index is 1210. The Morgan fingerprint density at radius 3 is 1.88 bits per heavy atom. The van der Waals surface area contributed by atoms with Gasteiger partial charge in [0.2, 0.25) is 0 Å². The van der Waals surface area contributed by atoms with E-state index in [1.807, 2.05) is 19.1 Å². The monoisotopic (exact) mass is 613 g/mol. The van der Waals surface area contributed by atoms with Crippen molar-refractivity contribution >= 4 is 27.7 Å². The summed E-state index contributed by atoms with van der Waals surface area (Å²) in [6.07, 6.45) is 0. The summed E-state index contributed by atoms with van der Waals surface area (Å²) in [4.78, 5) is 2.73. The molecule has 0 bridgehead atoms. The Morgan fingerprint density at radius 2 is 1.37 bits per heavy atom. The number of nitriles is 2. The maximum Gasteiger partial charge on any atom is 0.158 e. The molecular weight excluding hydrogens is 564 g/mol. The molecule has 1 aromatic carbocycles. The lowest BCUT2D eigenvalue weighted by Crippen LogP contribution is -2.49. The van der Waals surface area contributed by atoms with Crippen molar-refractivity contribution in [1.82, 2.24) is 0 Å². The summed E-state index contributed by atoms with van der Waals surface area (Å²) in [5.74, 6) is 0. The first-order chi connectivity index (χ1) is 20.9. The average molecular weight is 614 g/mol. The topological polar surface area (TPSA) is 112 Å². The molecular formula is C32H49N6O4S+. The molecule has 0 spiro atoms. The van der Waals surface area contributed by atoms with Crippen LogP contribution in [0.1, 0.15) is 49.3 Å². The molecule has 0 radical (unpaired) electrons. The van der Waals surface area contributed by atoms with E-state index in [4.69, 9.17) is 18.9 Å². The largest absolute Gasteiger partial charge is 0.377 e. The number of likely N-dealkylation sites (N-methyl/N-ethyl adjacent to an activating group) is 2. The van der Waals surface area contributed by atoms with Crippen LogP contribution in [0.2, 0.25) is 0 Å². The lowest BCUT2D eigenvalue weighted by atomic mass is 10.1. The van der Waals surface area contributed by atoms with E-state index in [-0.39, 0.29) is 0 Å². The molecule has 0 unspecified atom stereocenters. The van der Waals surface area contributed by atoms with Gasteiger partial charge in [0.05, 0.1) is 83.7 Å². The third-order valence-electron chi connectivity index (χ3n) is 7.86. The maximum atomic E-state index is 9.43. The van der Waals surface area contributed by atoms with Gasteiger partial charge in [-0.05, 0) is 70.9 Å². The predicted octanol–water partition coefficient (Wildman–Crippen LogP) is 6.29. The molecule has 43 heavy (non-hydrogen) atoms. The van der Waals surface area contributed by atoms with E-state index >= 15 is 0 Å². The lowest BCUT2D eigenvalue weighted by molar-refractivity contribution is -0.923. The van der Waals surface area contributed by atoms with Gasteiger partial charge in [-0.3, -0.25) is 0 Å². The molecule has 1 aromatic heterocycles. The second-order valence-electron chi connectivity index (χ2n) is 10.2. The lowest BCUT2D eigenvalue weighted by Gasteiger charge is -2.35. The summed E-state index contributed by atoms with van der Waals surface area (Å²) in [6.45, 7) is 23.4. The fourth-order valence-electron chi connectivity index (χ4n) is 4.66. The normalized spacial score (nSPS) is 11.6. The summed E-state index contributed by atoms with van der Waals surface area (Å²) in [6, 6.07) is 10.3. The third kappa shape index (κ3) is 11.6. The van der Waals surface area contributed by atoms with Crippen LogP contribution in [-0.2, 0) is 18.9 Å². The Kier molecular flexibility index (Phi) is 17.0. The zero-order chi connectivity index (χ0) is 31.5. The molecule has 10 nitrogen and oxygen atoms in total. The molecule has 2 rings (SSSR count). The number of anilines is 1. The molecule has 0 aliphatic rings. The van der Waals surface area contributed by atoms with E-state index in [9.17, 15) is 10.5 Å². The quantitative estimate of drug-likeness (QED) is 0.0871. The minimum Gasteiger partial charge on any atom is -0.377 e. The third-order valence-corrected chi connectivity index (χ3v) is 8.94. The van der Waals surface area contributed by atoms with E-state index in [1.54, 1.807) is 6.92 Å². The van der Waals surface area contributed by atoms with Crippen molar-refractivity contribution in [2.45, 2.75) is 41.5 Å². The van der Waals surface area contributed by atoms with Gasteiger partial charge in [-0.15, -0.1) is 21.6 Å². The van der Waals surface area contributed by atoms with Crippen molar-refractivity contribution in [3.63, 3.8) is 0 Å². The first-order valence-electron chi connectivity index (χ1n) is 15.2. The van der Waals surface area contributed by atoms with Crippen LogP contribution in [0.3, 0.4) is 0 Å². The highest BCUT2D eigenvalue weighted by Gasteiger charge is 2.19. The standard InChI is InChI=1S/C32H49N6O4S/c1-7-37(13-15-39-17-19-41-21-22-42-20-18-40-16-14-38(8-2,9-3)10-4)28-11-12-30(26(5)23-28)35-36-32-29(24-33)27(6)31(25-34)43-32/h11-12,23H,7-10,13-22H2,1-6H3/q+1. The molecule has 1 heterocycles. The number of ether oxygens (including phenoxy) is 4. The van der Waals surface area contributed by atoms with Crippen LogP contribution >= 0.6 is 11.3 Å². The smallest absolute Gasteiger partial charge is 0.158 e. The van der Waals surface area contributed by atoms with Gasteiger partial charge in [0.25, 0.3) is 0 Å². The molecule has 0 aliphatic heterocycles. The molecule has 11 heteroatoms. The van der Waals surface area contributed by atoms with E-state index < -0.39 is 0 Å². The van der Waals surface area contributed by atoms with Crippen molar-refractivity contribution in [2.75, 3.05) is 97.0 Å². The van der Waals surface area contributed by atoms with Crippen LogP contribution in [-0.4, -0.2) is 96.6 Å². The summed E-state index contributed by atoms with van der Waals surface area (Å²) >= 11 is 1.19. The number of hydrogen-bond acceptors (Lipinski definition) is 10. The number of azo groups is 1. The maximum absolute atomic E-state index is 9.43. The minimum atomic E-state index is 0.406. The molecule has 236 valence electrons. The summed E-state index contributed by atoms with van der Waals surface area (Å²) in [7, 11) is 0. The zero-order valence-electron chi connectivity index (χ0n) is 26.9.